The molecule has 2 aromatic carbocycles. The summed E-state index contributed by atoms with van der Waals surface area (Å²) in [5.74, 6) is -3.54. The quantitative estimate of drug-likeness (QED) is 0.119. The van der Waals surface area contributed by atoms with Crippen LogP contribution < -0.4 is 10.2 Å². The lowest BCUT2D eigenvalue weighted by Gasteiger charge is -2.45. The summed E-state index contributed by atoms with van der Waals surface area (Å²) in [6, 6.07) is 5.12. The summed E-state index contributed by atoms with van der Waals surface area (Å²) < 4.78 is 28.1. The van der Waals surface area contributed by atoms with Crippen molar-refractivity contribution in [2.75, 3.05) is 13.2 Å². The second-order valence-corrected chi connectivity index (χ2v) is 10.3. The Balaban J connectivity index is 1.61. The van der Waals surface area contributed by atoms with Gasteiger partial charge in [-0.25, -0.2) is 0 Å². The molecule has 44 heavy (non-hydrogen) atoms. The Hall–Kier alpha value is -3.75. The van der Waals surface area contributed by atoms with E-state index in [4.69, 9.17) is 23.4 Å². The van der Waals surface area contributed by atoms with E-state index in [-0.39, 0.29) is 11.1 Å². The third-order valence-corrected chi connectivity index (χ3v) is 7.35. The van der Waals surface area contributed by atoms with Crippen molar-refractivity contribution in [2.24, 2.45) is 0 Å². The second kappa shape index (κ2) is 12.3. The molecule has 0 unspecified atom stereocenters. The van der Waals surface area contributed by atoms with Gasteiger partial charge in [0.05, 0.1) is 13.2 Å². The largest absolute Gasteiger partial charge is 0.508 e. The number of hydrogen-bond acceptors (Lipinski definition) is 17. The number of aliphatic hydroxyl groups excluding tert-OH is 7. The monoisotopic (exact) mass is 626 g/mol. The van der Waals surface area contributed by atoms with E-state index in [0.29, 0.717) is 0 Å². The number of phenols is 4. The van der Waals surface area contributed by atoms with E-state index in [1.165, 1.54) is 6.07 Å². The van der Waals surface area contributed by atoms with Crippen molar-refractivity contribution in [3.8, 4) is 40.1 Å². The van der Waals surface area contributed by atoms with Gasteiger partial charge in [-0.1, -0.05) is 0 Å². The Morgan fingerprint density at radius 1 is 0.705 bits per heavy atom. The highest BCUT2D eigenvalue weighted by Crippen LogP contribution is 2.40. The maximum Gasteiger partial charge on any atom is 0.239 e. The number of rotatable bonds is 7. The highest BCUT2D eigenvalue weighted by Gasteiger charge is 2.51. The van der Waals surface area contributed by atoms with Crippen LogP contribution in [0.4, 0.5) is 0 Å². The Kier molecular flexibility index (Phi) is 8.87. The molecule has 17 nitrogen and oxygen atoms in total. The first-order chi connectivity index (χ1) is 20.9. The van der Waals surface area contributed by atoms with Gasteiger partial charge in [-0.15, -0.1) is 0 Å². The fraction of sp³-hybridized carbons (Fsp3) is 0.444. The van der Waals surface area contributed by atoms with E-state index < -0.39 is 120 Å². The third-order valence-electron chi connectivity index (χ3n) is 7.35. The van der Waals surface area contributed by atoms with Crippen LogP contribution in [0.1, 0.15) is 0 Å². The van der Waals surface area contributed by atoms with Gasteiger partial charge >= 0.3 is 0 Å². The molecule has 0 saturated carbocycles. The van der Waals surface area contributed by atoms with Gasteiger partial charge in [-0.05, 0) is 18.2 Å². The molecule has 0 amide bonds. The molecule has 10 atom stereocenters. The predicted molar refractivity (Wildman–Crippen MR) is 142 cm³/mol. The van der Waals surface area contributed by atoms with Crippen LogP contribution >= 0.6 is 0 Å². The molecule has 11 N–H and O–H groups in total. The van der Waals surface area contributed by atoms with Crippen molar-refractivity contribution >= 4 is 11.0 Å². The fourth-order valence-corrected chi connectivity index (χ4v) is 4.98. The molecule has 0 aliphatic carbocycles. The van der Waals surface area contributed by atoms with Crippen LogP contribution in [0.2, 0.25) is 0 Å². The summed E-state index contributed by atoms with van der Waals surface area (Å²) in [5.41, 5.74) is -1.47. The molecule has 0 spiro atoms. The maximum atomic E-state index is 13.7. The Labute approximate surface area is 246 Å². The minimum absolute atomic E-state index is 0.0707. The highest BCUT2D eigenvalue weighted by atomic mass is 16.8. The zero-order chi connectivity index (χ0) is 32.0. The first-order valence-electron chi connectivity index (χ1n) is 13.2. The average Bonchev–Trinajstić information content (AvgIpc) is 2.98. The Morgan fingerprint density at radius 2 is 1.34 bits per heavy atom. The van der Waals surface area contributed by atoms with Gasteiger partial charge in [-0.2, -0.15) is 0 Å². The standard InChI is InChI=1S/C27H30O17/c28-6-14-17(34)20(37)22(39)26(41-14)44-25-21(38)18(35)15(7-29)42-27(25)43-24-19(36)16-12(33)4-9(30)5-13(16)40-23(24)8-1-2-10(31)11(32)3-8/h1-5,14-15,17-18,20-22,25-35,37-39H,6-7H2/t14-,15-,17-,18-,20+,21+,22-,25-,26+,27-/m1/s1. The van der Waals surface area contributed by atoms with E-state index in [1.54, 1.807) is 0 Å². The lowest BCUT2D eigenvalue weighted by Crippen LogP contribution is -2.65. The predicted octanol–water partition coefficient (Wildman–Crippen LogP) is -2.71. The van der Waals surface area contributed by atoms with Gasteiger partial charge in [0.1, 0.15) is 65.2 Å². The first kappa shape index (κ1) is 31.7. The van der Waals surface area contributed by atoms with E-state index >= 15 is 0 Å². The third kappa shape index (κ3) is 5.61. The minimum Gasteiger partial charge on any atom is -0.508 e. The molecule has 3 heterocycles. The van der Waals surface area contributed by atoms with Crippen LogP contribution in [-0.4, -0.2) is 131 Å². The normalized spacial score (nSPS) is 32.5. The van der Waals surface area contributed by atoms with Crippen molar-refractivity contribution in [1.82, 2.24) is 0 Å². The zero-order valence-corrected chi connectivity index (χ0v) is 22.4. The summed E-state index contributed by atoms with van der Waals surface area (Å²) in [5, 5.41) is 111. The van der Waals surface area contributed by atoms with Crippen molar-refractivity contribution < 1.29 is 79.5 Å². The molecule has 2 saturated heterocycles. The van der Waals surface area contributed by atoms with Crippen LogP contribution in [-0.2, 0) is 14.2 Å². The van der Waals surface area contributed by atoms with Crippen LogP contribution in [0.15, 0.2) is 39.5 Å². The second-order valence-electron chi connectivity index (χ2n) is 10.3. The number of ether oxygens (including phenoxy) is 4. The van der Waals surface area contributed by atoms with Crippen molar-refractivity contribution in [2.45, 2.75) is 61.4 Å². The highest BCUT2D eigenvalue weighted by molar-refractivity contribution is 5.88. The van der Waals surface area contributed by atoms with Gasteiger partial charge < -0.3 is 79.5 Å². The van der Waals surface area contributed by atoms with E-state index in [9.17, 15) is 61.0 Å². The van der Waals surface area contributed by atoms with Crippen LogP contribution in [0.3, 0.4) is 0 Å². The number of aromatic hydroxyl groups is 4. The van der Waals surface area contributed by atoms with E-state index in [1.807, 2.05) is 0 Å². The lowest BCUT2D eigenvalue weighted by atomic mass is 9.97. The van der Waals surface area contributed by atoms with E-state index in [2.05, 4.69) is 0 Å². The maximum absolute atomic E-state index is 13.7. The van der Waals surface area contributed by atoms with Gasteiger partial charge in [0, 0.05) is 17.7 Å². The molecule has 2 aliphatic rings. The number of fused-ring (bicyclic) bond motifs is 1. The van der Waals surface area contributed by atoms with Gasteiger partial charge in [0.2, 0.25) is 17.5 Å². The number of hydrogen-bond donors (Lipinski definition) is 11. The van der Waals surface area contributed by atoms with Crippen molar-refractivity contribution in [3.63, 3.8) is 0 Å². The SMILES string of the molecule is O=c1c(O[C@H]2O[C@H](CO)[C@@H](O)[C@H](O)[C@H]2O[C@@H]2O[C@H](CO)[C@@H](O)[C@H](O)[C@H]2O)c(-c2ccc(O)c(O)c2)oc2cc(O)cc(O)c12. The van der Waals surface area contributed by atoms with Crippen molar-refractivity contribution in [3.05, 3.63) is 40.6 Å². The molecule has 17 heteroatoms. The molecular formula is C27H30O17. The summed E-state index contributed by atoms with van der Waals surface area (Å²) in [7, 11) is 0. The fourth-order valence-electron chi connectivity index (χ4n) is 4.98. The summed E-state index contributed by atoms with van der Waals surface area (Å²) in [4.78, 5) is 13.7. The molecule has 2 fully saturated rings. The van der Waals surface area contributed by atoms with Crippen LogP contribution in [0.5, 0.6) is 28.7 Å². The molecule has 240 valence electrons. The Bertz CT molecular complexity index is 1560. The summed E-state index contributed by atoms with van der Waals surface area (Å²) in [6.07, 6.45) is -18.0. The molecule has 2 aliphatic heterocycles. The zero-order valence-electron chi connectivity index (χ0n) is 22.4. The Morgan fingerprint density at radius 3 is 1.98 bits per heavy atom. The summed E-state index contributed by atoms with van der Waals surface area (Å²) >= 11 is 0. The molecular weight excluding hydrogens is 596 g/mol. The molecule has 5 rings (SSSR count). The number of phenolic OH excluding ortho intramolecular Hbond substituents is 4. The number of benzene rings is 2. The van der Waals surface area contributed by atoms with Gasteiger partial charge in [0.15, 0.2) is 29.7 Å². The molecule has 1 aromatic heterocycles. The van der Waals surface area contributed by atoms with Gasteiger partial charge in [0.25, 0.3) is 0 Å². The first-order valence-corrected chi connectivity index (χ1v) is 13.2. The molecule has 0 bridgehead atoms. The van der Waals surface area contributed by atoms with Gasteiger partial charge in [-0.3, -0.25) is 4.79 Å². The molecule has 3 aromatic rings. The lowest BCUT2D eigenvalue weighted by molar-refractivity contribution is -0.358. The van der Waals surface area contributed by atoms with Crippen LogP contribution in [0.25, 0.3) is 22.3 Å². The summed E-state index contributed by atoms with van der Waals surface area (Å²) in [6.45, 7) is -1.68. The minimum atomic E-state index is -1.97. The molecule has 0 radical (unpaired) electrons. The van der Waals surface area contributed by atoms with Crippen LogP contribution in [0, 0.1) is 0 Å². The topological polar surface area (TPSA) is 290 Å². The smallest absolute Gasteiger partial charge is 0.239 e. The van der Waals surface area contributed by atoms with E-state index in [0.717, 1.165) is 24.3 Å². The average molecular weight is 627 g/mol. The van der Waals surface area contributed by atoms with Crippen molar-refractivity contribution in [1.29, 1.82) is 0 Å². The number of aliphatic hydroxyl groups is 7.